The van der Waals surface area contributed by atoms with Crippen LogP contribution < -0.4 is 4.90 Å². The lowest BCUT2D eigenvalue weighted by Gasteiger charge is -2.38. The number of hydrogen-bond acceptors (Lipinski definition) is 5. The first-order valence-corrected chi connectivity index (χ1v) is 8.71. The van der Waals surface area contributed by atoms with Gasteiger partial charge in [0.05, 0.1) is 4.92 Å². The van der Waals surface area contributed by atoms with Crippen molar-refractivity contribution in [2.45, 2.75) is 39.0 Å². The van der Waals surface area contributed by atoms with Crippen LogP contribution in [0.15, 0.2) is 12.3 Å². The van der Waals surface area contributed by atoms with Crippen LogP contribution >= 0.6 is 0 Å². The number of hydrogen-bond donors (Lipinski definition) is 0. The minimum absolute atomic E-state index is 0.0161. The minimum atomic E-state index is -0.426. The van der Waals surface area contributed by atoms with Gasteiger partial charge in [0.15, 0.2) is 0 Å². The topological polar surface area (TPSA) is 79.6 Å². The third kappa shape index (κ3) is 3.49. The van der Waals surface area contributed by atoms with Gasteiger partial charge in [0.2, 0.25) is 5.91 Å². The van der Waals surface area contributed by atoms with Crippen LogP contribution in [0.3, 0.4) is 0 Å². The maximum absolute atomic E-state index is 12.6. The van der Waals surface area contributed by atoms with Crippen LogP contribution in [0.4, 0.5) is 11.5 Å². The van der Waals surface area contributed by atoms with Crippen molar-refractivity contribution < 1.29 is 9.72 Å². The molecule has 0 radical (unpaired) electrons. The molecule has 130 valence electrons. The van der Waals surface area contributed by atoms with Crippen molar-refractivity contribution in [3.05, 3.63) is 27.9 Å². The molecule has 7 heteroatoms. The van der Waals surface area contributed by atoms with Crippen LogP contribution in [0.1, 0.15) is 37.7 Å². The molecule has 0 spiro atoms. The molecule has 1 aliphatic carbocycles. The number of piperazine rings is 1. The molecule has 0 atom stereocenters. The molecular weight excluding hydrogens is 308 g/mol. The SMILES string of the molecule is Cc1cc([N+](=O)[O-])cnc1N1CCN(C(=O)C2CCCCC2)CC1. The molecule has 0 N–H and O–H groups in total. The normalized spacial score (nSPS) is 19.4. The molecular formula is C17H24N4O3. The lowest BCUT2D eigenvalue weighted by Crippen LogP contribution is -2.51. The fourth-order valence-electron chi connectivity index (χ4n) is 3.73. The molecule has 7 nitrogen and oxygen atoms in total. The first-order chi connectivity index (χ1) is 11.6. The van der Waals surface area contributed by atoms with Gasteiger partial charge in [-0.15, -0.1) is 0 Å². The monoisotopic (exact) mass is 332 g/mol. The number of rotatable bonds is 3. The Balaban J connectivity index is 1.60. The average Bonchev–Trinajstić information content (AvgIpc) is 2.62. The largest absolute Gasteiger partial charge is 0.353 e. The van der Waals surface area contributed by atoms with Crippen molar-refractivity contribution >= 4 is 17.4 Å². The molecule has 2 heterocycles. The number of nitro groups is 1. The number of pyridine rings is 1. The molecule has 24 heavy (non-hydrogen) atoms. The maximum Gasteiger partial charge on any atom is 0.287 e. The first-order valence-electron chi connectivity index (χ1n) is 8.71. The smallest absolute Gasteiger partial charge is 0.287 e. The van der Waals surface area contributed by atoms with E-state index < -0.39 is 4.92 Å². The zero-order chi connectivity index (χ0) is 17.1. The molecule has 2 aliphatic rings. The molecule has 0 aromatic carbocycles. The number of aromatic nitrogens is 1. The molecule has 2 fully saturated rings. The number of anilines is 1. The van der Waals surface area contributed by atoms with E-state index in [-0.39, 0.29) is 11.6 Å². The average molecular weight is 332 g/mol. The van der Waals surface area contributed by atoms with Gasteiger partial charge in [0, 0.05) is 38.2 Å². The first kappa shape index (κ1) is 16.7. The number of carbonyl (C=O) groups is 1. The van der Waals surface area contributed by atoms with Crippen LogP contribution in [0.5, 0.6) is 0 Å². The zero-order valence-corrected chi connectivity index (χ0v) is 14.1. The summed E-state index contributed by atoms with van der Waals surface area (Å²) in [5.74, 6) is 1.30. The van der Waals surface area contributed by atoms with E-state index >= 15 is 0 Å². The van der Waals surface area contributed by atoms with Gasteiger partial charge in [0.1, 0.15) is 12.0 Å². The summed E-state index contributed by atoms with van der Waals surface area (Å²) in [4.78, 5) is 31.3. The van der Waals surface area contributed by atoms with Crippen LogP contribution in [-0.4, -0.2) is 46.9 Å². The molecule has 1 aromatic heterocycles. The van der Waals surface area contributed by atoms with E-state index in [2.05, 4.69) is 9.88 Å². The summed E-state index contributed by atoms with van der Waals surface area (Å²) in [5.41, 5.74) is 0.818. The second kappa shape index (κ2) is 7.15. The van der Waals surface area contributed by atoms with Crippen molar-refractivity contribution in [3.8, 4) is 0 Å². The van der Waals surface area contributed by atoms with Crippen molar-refractivity contribution in [1.29, 1.82) is 0 Å². The van der Waals surface area contributed by atoms with E-state index in [1.54, 1.807) is 6.07 Å². The third-order valence-corrected chi connectivity index (χ3v) is 5.09. The van der Waals surface area contributed by atoms with E-state index in [4.69, 9.17) is 0 Å². The van der Waals surface area contributed by atoms with Gasteiger partial charge in [-0.05, 0) is 25.3 Å². The van der Waals surface area contributed by atoms with Crippen LogP contribution in [0, 0.1) is 23.0 Å². The van der Waals surface area contributed by atoms with E-state index in [0.29, 0.717) is 19.0 Å². The fraction of sp³-hybridized carbons (Fsp3) is 0.647. The highest BCUT2D eigenvalue weighted by Gasteiger charge is 2.29. The Hall–Kier alpha value is -2.18. The Labute approximate surface area is 141 Å². The van der Waals surface area contributed by atoms with Gasteiger partial charge in [-0.3, -0.25) is 14.9 Å². The number of carbonyl (C=O) groups excluding carboxylic acids is 1. The summed E-state index contributed by atoms with van der Waals surface area (Å²) in [7, 11) is 0. The van der Waals surface area contributed by atoms with Crippen molar-refractivity contribution in [3.63, 3.8) is 0 Å². The van der Waals surface area contributed by atoms with Gasteiger partial charge in [-0.1, -0.05) is 19.3 Å². The Bertz CT molecular complexity index is 620. The van der Waals surface area contributed by atoms with E-state index in [1.807, 2.05) is 11.8 Å². The zero-order valence-electron chi connectivity index (χ0n) is 14.1. The van der Waals surface area contributed by atoms with Gasteiger partial charge in [-0.2, -0.15) is 0 Å². The lowest BCUT2D eigenvalue weighted by molar-refractivity contribution is -0.385. The minimum Gasteiger partial charge on any atom is -0.353 e. The number of aryl methyl sites for hydroxylation is 1. The fourth-order valence-corrected chi connectivity index (χ4v) is 3.73. The van der Waals surface area contributed by atoms with Gasteiger partial charge >= 0.3 is 0 Å². The highest BCUT2D eigenvalue weighted by molar-refractivity contribution is 5.79. The third-order valence-electron chi connectivity index (χ3n) is 5.09. The number of nitrogens with zero attached hydrogens (tertiary/aromatic N) is 4. The van der Waals surface area contributed by atoms with Gasteiger partial charge < -0.3 is 9.80 Å². The van der Waals surface area contributed by atoms with E-state index in [1.165, 1.54) is 25.5 Å². The Morgan fingerprint density at radius 2 is 1.88 bits per heavy atom. The van der Waals surface area contributed by atoms with Crippen molar-refractivity contribution in [2.24, 2.45) is 5.92 Å². The van der Waals surface area contributed by atoms with E-state index in [0.717, 1.165) is 37.3 Å². The molecule has 0 bridgehead atoms. The quantitative estimate of drug-likeness (QED) is 0.628. The highest BCUT2D eigenvalue weighted by Crippen LogP contribution is 2.27. The van der Waals surface area contributed by atoms with Gasteiger partial charge in [-0.25, -0.2) is 4.98 Å². The van der Waals surface area contributed by atoms with Crippen molar-refractivity contribution in [1.82, 2.24) is 9.88 Å². The van der Waals surface area contributed by atoms with Crippen LogP contribution in [0.2, 0.25) is 0 Å². The van der Waals surface area contributed by atoms with E-state index in [9.17, 15) is 14.9 Å². The second-order valence-corrected chi connectivity index (χ2v) is 6.74. The van der Waals surface area contributed by atoms with Crippen LogP contribution in [0.25, 0.3) is 0 Å². The second-order valence-electron chi connectivity index (χ2n) is 6.74. The summed E-state index contributed by atoms with van der Waals surface area (Å²) in [6.45, 7) is 4.70. The Morgan fingerprint density at radius 1 is 1.21 bits per heavy atom. The summed E-state index contributed by atoms with van der Waals surface area (Å²) in [6, 6.07) is 1.56. The lowest BCUT2D eigenvalue weighted by atomic mass is 9.88. The molecule has 1 saturated heterocycles. The molecule has 1 aliphatic heterocycles. The molecule has 1 saturated carbocycles. The molecule has 3 rings (SSSR count). The predicted molar refractivity (Wildman–Crippen MR) is 91.0 cm³/mol. The Kier molecular flexibility index (Phi) is 4.97. The van der Waals surface area contributed by atoms with Crippen molar-refractivity contribution in [2.75, 3.05) is 31.1 Å². The highest BCUT2D eigenvalue weighted by atomic mass is 16.6. The van der Waals surface area contributed by atoms with Gasteiger partial charge in [0.25, 0.3) is 5.69 Å². The molecule has 1 aromatic rings. The molecule has 0 unspecified atom stereocenters. The van der Waals surface area contributed by atoms with Crippen LogP contribution in [-0.2, 0) is 4.79 Å². The molecule has 1 amide bonds. The maximum atomic E-state index is 12.6. The standard InChI is InChI=1S/C17H24N4O3/c1-13-11-15(21(23)24)12-18-16(13)19-7-9-20(10-8-19)17(22)14-5-3-2-4-6-14/h11-12,14H,2-10H2,1H3. The summed E-state index contributed by atoms with van der Waals surface area (Å²) >= 11 is 0. The Morgan fingerprint density at radius 3 is 2.46 bits per heavy atom. The number of amides is 1. The summed E-state index contributed by atoms with van der Waals surface area (Å²) < 4.78 is 0. The summed E-state index contributed by atoms with van der Waals surface area (Å²) in [6.07, 6.45) is 6.96. The summed E-state index contributed by atoms with van der Waals surface area (Å²) in [5, 5.41) is 10.8. The predicted octanol–water partition coefficient (Wildman–Crippen LogP) is 2.53.